The second-order valence-electron chi connectivity index (χ2n) is 3.67. The molecule has 0 aromatic heterocycles. The standard InChI is InChI=1S/C12H18FN3O/c1-3-16(8-12(17)15-2)10-5-4-9(7-14)11(13)6-10/h4-6H,3,7-8,14H2,1-2H3,(H,15,17). The molecular weight excluding hydrogens is 221 g/mol. The molecule has 0 atom stereocenters. The first-order valence-electron chi connectivity index (χ1n) is 5.56. The zero-order chi connectivity index (χ0) is 12.8. The lowest BCUT2D eigenvalue weighted by molar-refractivity contribution is -0.119. The number of hydrogen-bond donors (Lipinski definition) is 2. The van der Waals surface area contributed by atoms with Gasteiger partial charge in [-0.1, -0.05) is 6.07 Å². The highest BCUT2D eigenvalue weighted by molar-refractivity contribution is 5.81. The van der Waals surface area contributed by atoms with E-state index in [1.807, 2.05) is 6.92 Å². The first kappa shape index (κ1) is 13.4. The van der Waals surface area contributed by atoms with Crippen LogP contribution < -0.4 is 16.0 Å². The number of hydrogen-bond acceptors (Lipinski definition) is 3. The van der Waals surface area contributed by atoms with E-state index in [2.05, 4.69) is 5.32 Å². The summed E-state index contributed by atoms with van der Waals surface area (Å²) in [6.45, 7) is 2.94. The van der Waals surface area contributed by atoms with E-state index < -0.39 is 0 Å². The monoisotopic (exact) mass is 239 g/mol. The van der Waals surface area contributed by atoms with Gasteiger partial charge in [-0.25, -0.2) is 4.39 Å². The van der Waals surface area contributed by atoms with Gasteiger partial charge in [0.05, 0.1) is 6.54 Å². The van der Waals surface area contributed by atoms with Crippen LogP contribution in [0.1, 0.15) is 12.5 Å². The summed E-state index contributed by atoms with van der Waals surface area (Å²) in [6, 6.07) is 4.84. The van der Waals surface area contributed by atoms with Gasteiger partial charge in [0.1, 0.15) is 5.82 Å². The minimum atomic E-state index is -0.333. The topological polar surface area (TPSA) is 58.4 Å². The lowest BCUT2D eigenvalue weighted by Crippen LogP contribution is -2.35. The Morgan fingerprint density at radius 1 is 1.53 bits per heavy atom. The average Bonchev–Trinajstić information content (AvgIpc) is 2.35. The number of carbonyl (C=O) groups excluding carboxylic acids is 1. The Hall–Kier alpha value is -1.62. The fourth-order valence-corrected chi connectivity index (χ4v) is 1.54. The van der Waals surface area contributed by atoms with E-state index in [0.29, 0.717) is 17.8 Å². The molecule has 1 aromatic rings. The van der Waals surface area contributed by atoms with E-state index in [4.69, 9.17) is 5.73 Å². The third-order valence-corrected chi connectivity index (χ3v) is 2.62. The normalized spacial score (nSPS) is 10.1. The number of likely N-dealkylation sites (N-methyl/N-ethyl adjacent to an activating group) is 2. The maximum atomic E-state index is 13.6. The van der Waals surface area contributed by atoms with Crippen LogP contribution in [0.3, 0.4) is 0 Å². The molecular formula is C12H18FN3O. The van der Waals surface area contributed by atoms with Gasteiger partial charge in [-0.05, 0) is 19.1 Å². The number of amides is 1. The molecule has 0 spiro atoms. The van der Waals surface area contributed by atoms with Gasteiger partial charge >= 0.3 is 0 Å². The van der Waals surface area contributed by atoms with Crippen LogP contribution in [0.25, 0.3) is 0 Å². The third kappa shape index (κ3) is 3.42. The van der Waals surface area contributed by atoms with Crippen molar-refractivity contribution >= 4 is 11.6 Å². The van der Waals surface area contributed by atoms with Crippen LogP contribution in [0.15, 0.2) is 18.2 Å². The Morgan fingerprint density at radius 2 is 2.24 bits per heavy atom. The van der Waals surface area contributed by atoms with Gasteiger partial charge in [-0.3, -0.25) is 4.79 Å². The molecule has 1 aromatic carbocycles. The Balaban J connectivity index is 2.88. The van der Waals surface area contributed by atoms with Crippen molar-refractivity contribution in [2.45, 2.75) is 13.5 Å². The van der Waals surface area contributed by atoms with Crippen molar-refractivity contribution in [3.05, 3.63) is 29.6 Å². The Labute approximate surface area is 101 Å². The molecule has 0 fully saturated rings. The van der Waals surface area contributed by atoms with Gasteiger partial charge < -0.3 is 16.0 Å². The zero-order valence-corrected chi connectivity index (χ0v) is 10.2. The number of halogens is 1. The molecule has 94 valence electrons. The zero-order valence-electron chi connectivity index (χ0n) is 10.2. The van der Waals surface area contributed by atoms with E-state index >= 15 is 0 Å². The smallest absolute Gasteiger partial charge is 0.239 e. The van der Waals surface area contributed by atoms with Gasteiger partial charge in [0, 0.05) is 31.4 Å². The largest absolute Gasteiger partial charge is 0.362 e. The fraction of sp³-hybridized carbons (Fsp3) is 0.417. The highest BCUT2D eigenvalue weighted by atomic mass is 19.1. The lowest BCUT2D eigenvalue weighted by atomic mass is 10.2. The highest BCUT2D eigenvalue weighted by Crippen LogP contribution is 2.18. The predicted octanol–water partition coefficient (Wildman–Crippen LogP) is 0.857. The second kappa shape index (κ2) is 6.20. The van der Waals surface area contributed by atoms with Crippen LogP contribution in [0.4, 0.5) is 10.1 Å². The summed E-state index contributed by atoms with van der Waals surface area (Å²) in [6.07, 6.45) is 0. The Kier molecular flexibility index (Phi) is 4.90. The van der Waals surface area contributed by atoms with Gasteiger partial charge in [0.25, 0.3) is 0 Å². The number of nitrogens with two attached hydrogens (primary N) is 1. The molecule has 1 amide bonds. The fourth-order valence-electron chi connectivity index (χ4n) is 1.54. The summed E-state index contributed by atoms with van der Waals surface area (Å²) in [5, 5.41) is 2.54. The van der Waals surface area contributed by atoms with Gasteiger partial charge in [-0.2, -0.15) is 0 Å². The molecule has 1 rings (SSSR count). The van der Waals surface area contributed by atoms with Crippen LogP contribution >= 0.6 is 0 Å². The number of benzene rings is 1. The molecule has 3 N–H and O–H groups in total. The molecule has 0 aliphatic carbocycles. The maximum absolute atomic E-state index is 13.6. The molecule has 0 radical (unpaired) electrons. The molecule has 4 nitrogen and oxygen atoms in total. The molecule has 0 bridgehead atoms. The van der Waals surface area contributed by atoms with Crippen molar-refractivity contribution < 1.29 is 9.18 Å². The van der Waals surface area contributed by atoms with Crippen molar-refractivity contribution in [2.75, 3.05) is 25.0 Å². The lowest BCUT2D eigenvalue weighted by Gasteiger charge is -2.22. The number of carbonyl (C=O) groups is 1. The minimum Gasteiger partial charge on any atom is -0.362 e. The molecule has 17 heavy (non-hydrogen) atoms. The van der Waals surface area contributed by atoms with Crippen LogP contribution in [0, 0.1) is 5.82 Å². The minimum absolute atomic E-state index is 0.102. The van der Waals surface area contributed by atoms with Crippen molar-refractivity contribution in [1.29, 1.82) is 0 Å². The molecule has 0 aliphatic rings. The van der Waals surface area contributed by atoms with Crippen LogP contribution in [-0.2, 0) is 11.3 Å². The van der Waals surface area contributed by atoms with Gasteiger partial charge in [0.15, 0.2) is 0 Å². The number of anilines is 1. The van der Waals surface area contributed by atoms with E-state index in [9.17, 15) is 9.18 Å². The van der Waals surface area contributed by atoms with Crippen molar-refractivity contribution in [1.82, 2.24) is 5.32 Å². The molecule has 0 saturated heterocycles. The first-order chi connectivity index (χ1) is 8.12. The van der Waals surface area contributed by atoms with Crippen LogP contribution in [-0.4, -0.2) is 26.0 Å². The van der Waals surface area contributed by atoms with Gasteiger partial charge in [-0.15, -0.1) is 0 Å². The van der Waals surface area contributed by atoms with Crippen molar-refractivity contribution in [3.8, 4) is 0 Å². The van der Waals surface area contributed by atoms with E-state index in [0.717, 1.165) is 0 Å². The van der Waals surface area contributed by atoms with Gasteiger partial charge in [0.2, 0.25) is 5.91 Å². The summed E-state index contributed by atoms with van der Waals surface area (Å²) in [4.78, 5) is 13.1. The van der Waals surface area contributed by atoms with Crippen molar-refractivity contribution in [3.63, 3.8) is 0 Å². The molecule has 5 heteroatoms. The second-order valence-corrected chi connectivity index (χ2v) is 3.67. The average molecular weight is 239 g/mol. The Bertz CT molecular complexity index is 395. The quantitative estimate of drug-likeness (QED) is 0.801. The van der Waals surface area contributed by atoms with E-state index in [1.165, 1.54) is 6.07 Å². The number of rotatable bonds is 5. The predicted molar refractivity (Wildman–Crippen MR) is 66.2 cm³/mol. The summed E-state index contributed by atoms with van der Waals surface area (Å²) >= 11 is 0. The van der Waals surface area contributed by atoms with Crippen molar-refractivity contribution in [2.24, 2.45) is 5.73 Å². The highest BCUT2D eigenvalue weighted by Gasteiger charge is 2.10. The van der Waals surface area contributed by atoms with E-state index in [-0.39, 0.29) is 24.8 Å². The van der Waals surface area contributed by atoms with Crippen LogP contribution in [0.2, 0.25) is 0 Å². The molecule has 0 aliphatic heterocycles. The maximum Gasteiger partial charge on any atom is 0.239 e. The van der Waals surface area contributed by atoms with E-state index in [1.54, 1.807) is 24.1 Å². The summed E-state index contributed by atoms with van der Waals surface area (Å²) in [5.41, 5.74) is 6.56. The molecule has 0 unspecified atom stereocenters. The SMILES string of the molecule is CCN(CC(=O)NC)c1ccc(CN)c(F)c1. The summed E-state index contributed by atoms with van der Waals surface area (Å²) in [7, 11) is 1.58. The summed E-state index contributed by atoms with van der Waals surface area (Å²) < 4.78 is 13.6. The molecule has 0 saturated carbocycles. The third-order valence-electron chi connectivity index (χ3n) is 2.62. The number of nitrogens with one attached hydrogen (secondary N) is 1. The number of nitrogens with zero attached hydrogens (tertiary/aromatic N) is 1. The summed E-state index contributed by atoms with van der Waals surface area (Å²) in [5.74, 6) is -0.435. The van der Waals surface area contributed by atoms with Crippen LogP contribution in [0.5, 0.6) is 0 Å². The molecule has 0 heterocycles. The first-order valence-corrected chi connectivity index (χ1v) is 5.56. The Morgan fingerprint density at radius 3 is 2.71 bits per heavy atom.